The van der Waals surface area contributed by atoms with Crippen LogP contribution < -0.4 is 5.32 Å². The summed E-state index contributed by atoms with van der Waals surface area (Å²) in [5.41, 5.74) is 4.05. The molecule has 1 saturated carbocycles. The Morgan fingerprint density at radius 1 is 1.28 bits per heavy atom. The Kier molecular flexibility index (Phi) is 4.22. The first-order valence-electron chi connectivity index (χ1n) is 8.84. The molecule has 2 heterocycles. The highest BCUT2D eigenvalue weighted by Crippen LogP contribution is 2.41. The van der Waals surface area contributed by atoms with Crippen LogP contribution in [0.2, 0.25) is 0 Å². The molecule has 128 valence electrons. The molecule has 1 aliphatic carbocycles. The Labute approximate surface area is 146 Å². The van der Waals surface area contributed by atoms with E-state index in [9.17, 15) is 4.79 Å². The molecule has 2 N–H and O–H groups in total. The van der Waals surface area contributed by atoms with E-state index in [1.165, 1.54) is 24.0 Å². The van der Waals surface area contributed by atoms with Crippen LogP contribution in [0.25, 0.3) is 11.2 Å². The number of rotatable bonds is 6. The van der Waals surface area contributed by atoms with E-state index in [4.69, 9.17) is 0 Å². The summed E-state index contributed by atoms with van der Waals surface area (Å²) in [6, 6.07) is 12.4. The summed E-state index contributed by atoms with van der Waals surface area (Å²) in [6.07, 6.45) is 5.12. The second-order valence-corrected chi connectivity index (χ2v) is 6.85. The van der Waals surface area contributed by atoms with E-state index >= 15 is 0 Å². The summed E-state index contributed by atoms with van der Waals surface area (Å²) in [4.78, 5) is 24.3. The van der Waals surface area contributed by atoms with Gasteiger partial charge < -0.3 is 10.3 Å². The number of nitrogens with zero attached hydrogens (tertiary/aromatic N) is 2. The van der Waals surface area contributed by atoms with Gasteiger partial charge in [-0.2, -0.15) is 0 Å². The molecule has 1 atom stereocenters. The predicted octanol–water partition coefficient (Wildman–Crippen LogP) is 3.47. The molecule has 1 unspecified atom stereocenters. The Hall–Kier alpha value is -2.69. The smallest absolute Gasteiger partial charge is 0.220 e. The molecule has 1 fully saturated rings. The maximum atomic E-state index is 12.4. The van der Waals surface area contributed by atoms with Gasteiger partial charge in [0.15, 0.2) is 5.65 Å². The minimum absolute atomic E-state index is 0.0749. The highest BCUT2D eigenvalue weighted by atomic mass is 16.1. The van der Waals surface area contributed by atoms with Crippen LogP contribution >= 0.6 is 0 Å². The third-order valence-corrected chi connectivity index (χ3v) is 4.74. The number of benzene rings is 1. The van der Waals surface area contributed by atoms with Gasteiger partial charge in [-0.1, -0.05) is 29.8 Å². The molecule has 5 heteroatoms. The normalized spacial score (nSPS) is 15.2. The molecule has 25 heavy (non-hydrogen) atoms. The number of imidazole rings is 1. The Bertz CT molecular complexity index is 847. The number of H-pyrrole nitrogens is 1. The first-order valence-corrected chi connectivity index (χ1v) is 8.84. The van der Waals surface area contributed by atoms with Crippen LogP contribution in [0, 0.1) is 12.8 Å². The number of aromatic amines is 1. The van der Waals surface area contributed by atoms with Crippen LogP contribution in [0.1, 0.15) is 42.3 Å². The highest BCUT2D eigenvalue weighted by molar-refractivity contribution is 5.77. The van der Waals surface area contributed by atoms with Gasteiger partial charge in [-0.15, -0.1) is 0 Å². The zero-order chi connectivity index (χ0) is 17.2. The minimum Gasteiger partial charge on any atom is -0.349 e. The van der Waals surface area contributed by atoms with Crippen molar-refractivity contribution in [3.05, 3.63) is 59.5 Å². The minimum atomic E-state index is 0.0749. The molecule has 0 spiro atoms. The number of amides is 1. The summed E-state index contributed by atoms with van der Waals surface area (Å²) >= 11 is 0. The van der Waals surface area contributed by atoms with E-state index in [-0.39, 0.29) is 11.9 Å². The quantitative estimate of drug-likeness (QED) is 0.725. The van der Waals surface area contributed by atoms with Crippen molar-refractivity contribution in [2.75, 3.05) is 0 Å². The maximum Gasteiger partial charge on any atom is 0.220 e. The SMILES string of the molecule is Cc1ccc(C(NC(=O)CCc2nc3ncccc3[nH]2)C2CC2)cc1. The van der Waals surface area contributed by atoms with Gasteiger partial charge in [-0.25, -0.2) is 9.97 Å². The van der Waals surface area contributed by atoms with Crippen LogP contribution in [0.5, 0.6) is 0 Å². The lowest BCUT2D eigenvalue weighted by atomic mass is 10.0. The Morgan fingerprint density at radius 3 is 2.80 bits per heavy atom. The molecule has 5 nitrogen and oxygen atoms in total. The number of fused-ring (bicyclic) bond motifs is 1. The third-order valence-electron chi connectivity index (χ3n) is 4.74. The molecule has 1 aromatic carbocycles. The highest BCUT2D eigenvalue weighted by Gasteiger charge is 2.33. The van der Waals surface area contributed by atoms with Gasteiger partial charge in [0.05, 0.1) is 11.6 Å². The van der Waals surface area contributed by atoms with Crippen molar-refractivity contribution < 1.29 is 4.79 Å². The van der Waals surface area contributed by atoms with Crippen molar-refractivity contribution in [3.63, 3.8) is 0 Å². The monoisotopic (exact) mass is 334 g/mol. The average molecular weight is 334 g/mol. The zero-order valence-corrected chi connectivity index (χ0v) is 14.3. The van der Waals surface area contributed by atoms with Gasteiger partial charge in [-0.05, 0) is 43.4 Å². The predicted molar refractivity (Wildman–Crippen MR) is 97.0 cm³/mol. The summed E-state index contributed by atoms with van der Waals surface area (Å²) in [7, 11) is 0. The fourth-order valence-electron chi connectivity index (χ4n) is 3.17. The van der Waals surface area contributed by atoms with Crippen molar-refractivity contribution in [2.45, 2.75) is 38.6 Å². The fraction of sp³-hybridized carbons (Fsp3) is 0.350. The Morgan fingerprint density at radius 2 is 2.08 bits per heavy atom. The molecular weight excluding hydrogens is 312 g/mol. The van der Waals surface area contributed by atoms with Gasteiger partial charge >= 0.3 is 0 Å². The topological polar surface area (TPSA) is 70.7 Å². The molecule has 4 rings (SSSR count). The number of nitrogens with one attached hydrogen (secondary N) is 2. The molecular formula is C20H22N4O. The van der Waals surface area contributed by atoms with Crippen molar-refractivity contribution in [2.24, 2.45) is 5.92 Å². The first kappa shape index (κ1) is 15.8. The molecule has 0 saturated heterocycles. The molecule has 1 amide bonds. The molecule has 1 aliphatic rings. The number of pyridine rings is 1. The van der Waals surface area contributed by atoms with E-state index < -0.39 is 0 Å². The van der Waals surface area contributed by atoms with Gasteiger partial charge in [0, 0.05) is 19.0 Å². The standard InChI is InChI=1S/C20H22N4O/c1-13-4-6-14(7-5-13)19(15-8-9-15)24-18(25)11-10-17-22-16-3-2-12-21-20(16)23-17/h2-7,12,15,19H,8-11H2,1H3,(H,24,25)(H,21,22,23). The van der Waals surface area contributed by atoms with Crippen LogP contribution in [-0.2, 0) is 11.2 Å². The number of aromatic nitrogens is 3. The molecule has 0 aliphatic heterocycles. The van der Waals surface area contributed by atoms with Crippen LogP contribution in [0.4, 0.5) is 0 Å². The second-order valence-electron chi connectivity index (χ2n) is 6.85. The Balaban J connectivity index is 1.39. The lowest BCUT2D eigenvalue weighted by Gasteiger charge is -2.19. The largest absolute Gasteiger partial charge is 0.349 e. The van der Waals surface area contributed by atoms with E-state index in [1.54, 1.807) is 6.20 Å². The van der Waals surface area contributed by atoms with Gasteiger partial charge in [-0.3, -0.25) is 4.79 Å². The van der Waals surface area contributed by atoms with E-state index in [2.05, 4.69) is 51.5 Å². The summed E-state index contributed by atoms with van der Waals surface area (Å²) in [5, 5.41) is 3.22. The number of hydrogen-bond donors (Lipinski definition) is 2. The van der Waals surface area contributed by atoms with E-state index in [0.29, 0.717) is 24.4 Å². The fourth-order valence-corrected chi connectivity index (χ4v) is 3.17. The average Bonchev–Trinajstić information content (AvgIpc) is 3.37. The summed E-state index contributed by atoms with van der Waals surface area (Å²) in [6.45, 7) is 2.08. The number of carbonyl (C=O) groups is 1. The number of hydrogen-bond acceptors (Lipinski definition) is 3. The van der Waals surface area contributed by atoms with E-state index in [0.717, 1.165) is 11.3 Å². The third kappa shape index (κ3) is 3.71. The van der Waals surface area contributed by atoms with E-state index in [1.807, 2.05) is 12.1 Å². The van der Waals surface area contributed by atoms with Crippen molar-refractivity contribution in [1.82, 2.24) is 20.3 Å². The summed E-state index contributed by atoms with van der Waals surface area (Å²) < 4.78 is 0. The van der Waals surface area contributed by atoms with Crippen molar-refractivity contribution in [1.29, 1.82) is 0 Å². The van der Waals surface area contributed by atoms with Gasteiger partial charge in [0.2, 0.25) is 5.91 Å². The number of carbonyl (C=O) groups excluding carboxylic acids is 1. The summed E-state index contributed by atoms with van der Waals surface area (Å²) in [5.74, 6) is 1.45. The molecule has 0 bridgehead atoms. The lowest BCUT2D eigenvalue weighted by Crippen LogP contribution is -2.30. The second kappa shape index (κ2) is 6.67. The first-order chi connectivity index (χ1) is 12.2. The van der Waals surface area contributed by atoms with Crippen LogP contribution in [-0.4, -0.2) is 20.9 Å². The van der Waals surface area contributed by atoms with Gasteiger partial charge in [0.1, 0.15) is 5.82 Å². The maximum absolute atomic E-state index is 12.4. The van der Waals surface area contributed by atoms with Gasteiger partial charge in [0.25, 0.3) is 0 Å². The molecule has 0 radical (unpaired) electrons. The molecule has 2 aromatic heterocycles. The lowest BCUT2D eigenvalue weighted by molar-refractivity contribution is -0.122. The van der Waals surface area contributed by atoms with Crippen molar-refractivity contribution >= 4 is 17.1 Å². The molecule has 3 aromatic rings. The number of aryl methyl sites for hydroxylation is 2. The van der Waals surface area contributed by atoms with Crippen molar-refractivity contribution in [3.8, 4) is 0 Å². The zero-order valence-electron chi connectivity index (χ0n) is 14.3. The van der Waals surface area contributed by atoms with Crippen LogP contribution in [0.15, 0.2) is 42.6 Å². The van der Waals surface area contributed by atoms with Crippen LogP contribution in [0.3, 0.4) is 0 Å².